The van der Waals surface area contributed by atoms with Crippen LogP contribution in [0.25, 0.3) is 11.1 Å². The van der Waals surface area contributed by atoms with Crippen LogP contribution in [0.15, 0.2) is 36.4 Å². The molecule has 0 aliphatic rings. The first-order valence-electron chi connectivity index (χ1n) is 5.55. The van der Waals surface area contributed by atoms with Gasteiger partial charge in [-0.15, -0.1) is 0 Å². The molecule has 0 atom stereocenters. The number of rotatable bonds is 3. The highest BCUT2D eigenvalue weighted by atomic mass is 35.5. The van der Waals surface area contributed by atoms with E-state index in [4.69, 9.17) is 16.3 Å². The molecule has 0 radical (unpaired) electrons. The Labute approximate surface area is 111 Å². The van der Waals surface area contributed by atoms with Crippen LogP contribution in [0.5, 0.6) is 5.75 Å². The Hall–Kier alpha value is -1.80. The van der Waals surface area contributed by atoms with E-state index in [0.29, 0.717) is 16.3 Å². The second-order valence-corrected chi connectivity index (χ2v) is 4.45. The van der Waals surface area contributed by atoms with E-state index in [2.05, 4.69) is 0 Å². The molecule has 0 aliphatic carbocycles. The fourth-order valence-electron chi connectivity index (χ4n) is 1.86. The lowest BCUT2D eigenvalue weighted by atomic mass is 9.98. The topological polar surface area (TPSA) is 26.3 Å². The number of ether oxygens (including phenoxy) is 1. The third-order valence-corrected chi connectivity index (χ3v) is 3.16. The van der Waals surface area contributed by atoms with Crippen LogP contribution in [0.1, 0.15) is 15.9 Å². The molecule has 0 amide bonds. The Morgan fingerprint density at radius 1 is 1.17 bits per heavy atom. The molecule has 0 aromatic heterocycles. The van der Waals surface area contributed by atoms with Gasteiger partial charge in [0.15, 0.2) is 0 Å². The lowest BCUT2D eigenvalue weighted by Crippen LogP contribution is -1.89. The highest BCUT2D eigenvalue weighted by Crippen LogP contribution is 2.31. The maximum atomic E-state index is 10.8. The highest BCUT2D eigenvalue weighted by molar-refractivity contribution is 6.32. The molecular weight excluding hydrogens is 248 g/mol. The molecule has 2 rings (SSSR count). The molecule has 0 aliphatic heterocycles. The summed E-state index contributed by atoms with van der Waals surface area (Å²) < 4.78 is 5.12. The van der Waals surface area contributed by atoms with Crippen molar-refractivity contribution in [2.24, 2.45) is 0 Å². The molecule has 18 heavy (non-hydrogen) atoms. The summed E-state index contributed by atoms with van der Waals surface area (Å²) in [5.41, 5.74) is 3.73. The molecule has 0 unspecified atom stereocenters. The number of hydrogen-bond acceptors (Lipinski definition) is 2. The molecule has 0 N–H and O–H groups in total. The van der Waals surface area contributed by atoms with Crippen LogP contribution in [0, 0.1) is 6.92 Å². The van der Waals surface area contributed by atoms with Crippen molar-refractivity contribution in [2.45, 2.75) is 6.92 Å². The van der Waals surface area contributed by atoms with Crippen molar-refractivity contribution >= 4 is 17.9 Å². The van der Waals surface area contributed by atoms with E-state index in [0.717, 1.165) is 23.0 Å². The molecule has 0 heterocycles. The minimum absolute atomic E-state index is 0.561. The van der Waals surface area contributed by atoms with Crippen molar-refractivity contribution in [3.63, 3.8) is 0 Å². The Bertz CT molecular complexity index is 591. The summed E-state index contributed by atoms with van der Waals surface area (Å²) in [6.45, 7) is 2.00. The van der Waals surface area contributed by atoms with E-state index in [-0.39, 0.29) is 0 Å². The van der Waals surface area contributed by atoms with Gasteiger partial charge in [-0.05, 0) is 41.8 Å². The van der Waals surface area contributed by atoms with E-state index in [9.17, 15) is 4.79 Å². The number of carbonyl (C=O) groups excluding carboxylic acids is 1. The first-order valence-corrected chi connectivity index (χ1v) is 5.93. The number of carbonyl (C=O) groups is 1. The normalized spacial score (nSPS) is 10.2. The van der Waals surface area contributed by atoms with E-state index < -0.39 is 0 Å². The predicted octanol–water partition coefficient (Wildman–Crippen LogP) is 4.14. The third kappa shape index (κ3) is 2.39. The molecule has 0 saturated carbocycles. The summed E-state index contributed by atoms with van der Waals surface area (Å²) >= 11 is 6.11. The zero-order chi connectivity index (χ0) is 13.1. The first kappa shape index (κ1) is 12.7. The van der Waals surface area contributed by atoms with E-state index >= 15 is 0 Å². The molecule has 0 saturated heterocycles. The second-order valence-electron chi connectivity index (χ2n) is 4.04. The predicted molar refractivity (Wildman–Crippen MR) is 73.6 cm³/mol. The molecule has 0 fully saturated rings. The van der Waals surface area contributed by atoms with Crippen LogP contribution in [0.3, 0.4) is 0 Å². The van der Waals surface area contributed by atoms with Gasteiger partial charge in [-0.25, -0.2) is 0 Å². The highest BCUT2D eigenvalue weighted by Gasteiger charge is 2.07. The summed E-state index contributed by atoms with van der Waals surface area (Å²) in [6, 6.07) is 11.2. The van der Waals surface area contributed by atoms with Crippen LogP contribution in [-0.2, 0) is 0 Å². The molecule has 0 bridgehead atoms. The summed E-state index contributed by atoms with van der Waals surface area (Å²) in [5, 5.41) is 0.561. The largest absolute Gasteiger partial charge is 0.495 e. The van der Waals surface area contributed by atoms with Crippen LogP contribution in [0.2, 0.25) is 5.02 Å². The van der Waals surface area contributed by atoms with Gasteiger partial charge >= 0.3 is 0 Å². The van der Waals surface area contributed by atoms with Crippen LogP contribution < -0.4 is 4.74 Å². The first-order chi connectivity index (χ1) is 8.65. The van der Waals surface area contributed by atoms with Gasteiger partial charge in [-0.3, -0.25) is 4.79 Å². The number of methoxy groups -OCH3 is 1. The van der Waals surface area contributed by atoms with Gasteiger partial charge in [-0.2, -0.15) is 0 Å². The Kier molecular flexibility index (Phi) is 3.68. The van der Waals surface area contributed by atoms with E-state index in [1.54, 1.807) is 13.2 Å². The molecule has 3 heteroatoms. The number of aldehydes is 1. The van der Waals surface area contributed by atoms with Crippen molar-refractivity contribution in [3.8, 4) is 16.9 Å². The number of benzene rings is 2. The summed E-state index contributed by atoms with van der Waals surface area (Å²) in [4.78, 5) is 10.8. The van der Waals surface area contributed by atoms with Gasteiger partial charge in [0.05, 0.1) is 12.1 Å². The molecule has 2 aromatic carbocycles. The molecule has 2 aromatic rings. The van der Waals surface area contributed by atoms with Gasteiger partial charge < -0.3 is 4.74 Å². The average Bonchev–Trinajstić information content (AvgIpc) is 2.39. The molecule has 2 nitrogen and oxygen atoms in total. The van der Waals surface area contributed by atoms with Crippen molar-refractivity contribution in [2.75, 3.05) is 7.11 Å². The lowest BCUT2D eigenvalue weighted by molar-refractivity contribution is 0.112. The third-order valence-electron chi connectivity index (χ3n) is 2.86. The monoisotopic (exact) mass is 260 g/mol. The second kappa shape index (κ2) is 5.23. The number of hydrogen-bond donors (Lipinski definition) is 0. The smallest absolute Gasteiger partial charge is 0.150 e. The van der Waals surface area contributed by atoms with Crippen molar-refractivity contribution in [1.29, 1.82) is 0 Å². The standard InChI is InChI=1S/C15H13ClO2/c1-10-3-4-11(9-17)7-13(10)12-5-6-15(18-2)14(16)8-12/h3-9H,1-2H3. The van der Waals surface area contributed by atoms with Gasteiger partial charge in [-0.1, -0.05) is 29.8 Å². The van der Waals surface area contributed by atoms with Crippen molar-refractivity contribution in [3.05, 3.63) is 52.5 Å². The maximum absolute atomic E-state index is 10.8. The van der Waals surface area contributed by atoms with E-state index in [1.807, 2.05) is 37.3 Å². The minimum atomic E-state index is 0.561. The Balaban J connectivity index is 2.54. The zero-order valence-corrected chi connectivity index (χ0v) is 11.0. The molecular formula is C15H13ClO2. The van der Waals surface area contributed by atoms with Crippen molar-refractivity contribution in [1.82, 2.24) is 0 Å². The van der Waals surface area contributed by atoms with Crippen LogP contribution in [-0.4, -0.2) is 13.4 Å². The fourth-order valence-corrected chi connectivity index (χ4v) is 2.12. The number of aryl methyl sites for hydroxylation is 1. The van der Waals surface area contributed by atoms with Crippen LogP contribution in [0.4, 0.5) is 0 Å². The Morgan fingerprint density at radius 2 is 1.94 bits per heavy atom. The summed E-state index contributed by atoms with van der Waals surface area (Å²) in [6.07, 6.45) is 0.841. The fraction of sp³-hybridized carbons (Fsp3) is 0.133. The zero-order valence-electron chi connectivity index (χ0n) is 10.2. The number of halogens is 1. The van der Waals surface area contributed by atoms with E-state index in [1.165, 1.54) is 0 Å². The maximum Gasteiger partial charge on any atom is 0.150 e. The van der Waals surface area contributed by atoms with Crippen molar-refractivity contribution < 1.29 is 9.53 Å². The van der Waals surface area contributed by atoms with Gasteiger partial charge in [0.1, 0.15) is 12.0 Å². The molecule has 0 spiro atoms. The molecule has 92 valence electrons. The quantitative estimate of drug-likeness (QED) is 0.776. The average molecular weight is 261 g/mol. The van der Waals surface area contributed by atoms with Gasteiger partial charge in [0.2, 0.25) is 0 Å². The van der Waals surface area contributed by atoms with Gasteiger partial charge in [0, 0.05) is 5.56 Å². The minimum Gasteiger partial charge on any atom is -0.495 e. The Morgan fingerprint density at radius 3 is 2.56 bits per heavy atom. The summed E-state index contributed by atoms with van der Waals surface area (Å²) in [5.74, 6) is 0.643. The van der Waals surface area contributed by atoms with Gasteiger partial charge in [0.25, 0.3) is 0 Å². The van der Waals surface area contributed by atoms with Crippen LogP contribution >= 0.6 is 11.6 Å². The summed E-state index contributed by atoms with van der Waals surface area (Å²) in [7, 11) is 1.58. The lowest BCUT2D eigenvalue weighted by Gasteiger charge is -2.09. The SMILES string of the molecule is COc1ccc(-c2cc(C=O)ccc2C)cc1Cl.